The minimum absolute atomic E-state index is 0.202. The normalized spacial score (nSPS) is 10.2. The lowest BCUT2D eigenvalue weighted by molar-refractivity contribution is 0.0697. The van der Waals surface area contributed by atoms with Crippen LogP contribution in [0.25, 0.3) is 11.3 Å². The number of benzene rings is 1. The second-order valence-corrected chi connectivity index (χ2v) is 3.64. The molecular weight excluding hydrogens is 218 g/mol. The Bertz CT molecular complexity index is 564. The molecule has 17 heavy (non-hydrogen) atoms. The summed E-state index contributed by atoms with van der Waals surface area (Å²) in [4.78, 5) is 18.7. The number of hydrogen-bond donors (Lipinski definition) is 2. The van der Waals surface area contributed by atoms with E-state index in [1.54, 1.807) is 18.3 Å². The third kappa shape index (κ3) is 2.23. The van der Waals surface area contributed by atoms with Crippen molar-refractivity contribution in [2.75, 3.05) is 5.73 Å². The van der Waals surface area contributed by atoms with Gasteiger partial charge in [-0.05, 0) is 24.6 Å². The molecule has 0 aliphatic rings. The van der Waals surface area contributed by atoms with Crippen LogP contribution in [0.2, 0.25) is 0 Å². The summed E-state index contributed by atoms with van der Waals surface area (Å²) in [6.45, 7) is 1.87. The Hall–Kier alpha value is -2.43. The van der Waals surface area contributed by atoms with Crippen LogP contribution in [0.5, 0.6) is 0 Å². The number of nitrogen functional groups attached to an aromatic ring is 1. The van der Waals surface area contributed by atoms with Gasteiger partial charge in [0.25, 0.3) is 0 Å². The molecule has 1 aromatic carbocycles. The van der Waals surface area contributed by atoms with E-state index in [0.29, 0.717) is 0 Å². The Morgan fingerprint density at radius 1 is 1.29 bits per heavy atom. The number of nitrogens with zero attached hydrogens (tertiary/aromatic N) is 2. The fourth-order valence-electron chi connectivity index (χ4n) is 1.52. The molecule has 1 heterocycles. The lowest BCUT2D eigenvalue weighted by Crippen LogP contribution is -1.99. The predicted octanol–water partition coefficient (Wildman–Crippen LogP) is 1.73. The Morgan fingerprint density at radius 3 is 2.53 bits per heavy atom. The molecule has 0 aliphatic heterocycles. The van der Waals surface area contributed by atoms with Gasteiger partial charge < -0.3 is 10.8 Å². The molecular formula is C12H11N3O2. The summed E-state index contributed by atoms with van der Waals surface area (Å²) in [5.74, 6) is -0.747. The number of hydrogen-bond acceptors (Lipinski definition) is 4. The minimum Gasteiger partial charge on any atom is -0.478 e. The second-order valence-electron chi connectivity index (χ2n) is 3.64. The van der Waals surface area contributed by atoms with Crippen LogP contribution in [0.1, 0.15) is 15.9 Å². The smallest absolute Gasteiger partial charge is 0.335 e. The van der Waals surface area contributed by atoms with Gasteiger partial charge in [-0.1, -0.05) is 12.1 Å². The third-order valence-electron chi connectivity index (χ3n) is 2.40. The fraction of sp³-hybridized carbons (Fsp3) is 0.0833. The number of anilines is 1. The van der Waals surface area contributed by atoms with Crippen LogP contribution in [-0.2, 0) is 0 Å². The number of aromatic carboxylic acids is 1. The molecule has 5 heteroatoms. The lowest BCUT2D eigenvalue weighted by atomic mass is 10.1. The van der Waals surface area contributed by atoms with Crippen molar-refractivity contribution in [3.8, 4) is 11.3 Å². The fourth-order valence-corrected chi connectivity index (χ4v) is 1.52. The van der Waals surface area contributed by atoms with Gasteiger partial charge in [0.2, 0.25) is 5.95 Å². The quantitative estimate of drug-likeness (QED) is 0.818. The van der Waals surface area contributed by atoms with Gasteiger partial charge in [-0.15, -0.1) is 0 Å². The average Bonchev–Trinajstić information content (AvgIpc) is 2.32. The highest BCUT2D eigenvalue weighted by Crippen LogP contribution is 2.21. The molecule has 1 aromatic heterocycles. The van der Waals surface area contributed by atoms with Crippen LogP contribution in [0.15, 0.2) is 30.5 Å². The molecule has 0 spiro atoms. The number of carboxylic acids is 1. The zero-order valence-electron chi connectivity index (χ0n) is 9.21. The van der Waals surface area contributed by atoms with Crippen molar-refractivity contribution in [3.63, 3.8) is 0 Å². The van der Waals surface area contributed by atoms with Gasteiger partial charge in [0.1, 0.15) is 0 Å². The van der Waals surface area contributed by atoms with Gasteiger partial charge in [0, 0.05) is 11.8 Å². The first-order valence-corrected chi connectivity index (χ1v) is 5.01. The van der Waals surface area contributed by atoms with Crippen molar-refractivity contribution in [1.29, 1.82) is 0 Å². The topological polar surface area (TPSA) is 89.1 Å². The molecule has 0 saturated heterocycles. The largest absolute Gasteiger partial charge is 0.478 e. The summed E-state index contributed by atoms with van der Waals surface area (Å²) < 4.78 is 0. The van der Waals surface area contributed by atoms with E-state index in [1.807, 2.05) is 6.92 Å². The summed E-state index contributed by atoms with van der Waals surface area (Å²) in [5, 5.41) is 8.80. The average molecular weight is 229 g/mol. The lowest BCUT2D eigenvalue weighted by Gasteiger charge is -2.05. The third-order valence-corrected chi connectivity index (χ3v) is 2.40. The van der Waals surface area contributed by atoms with E-state index in [2.05, 4.69) is 9.97 Å². The second kappa shape index (κ2) is 4.21. The Kier molecular flexibility index (Phi) is 2.74. The monoisotopic (exact) mass is 229 g/mol. The molecule has 2 rings (SSSR count). The van der Waals surface area contributed by atoms with Crippen molar-refractivity contribution in [2.24, 2.45) is 0 Å². The molecule has 86 valence electrons. The van der Waals surface area contributed by atoms with Crippen LogP contribution >= 0.6 is 0 Å². The number of rotatable bonds is 2. The highest BCUT2D eigenvalue weighted by molar-refractivity contribution is 5.88. The van der Waals surface area contributed by atoms with Crippen LogP contribution in [-0.4, -0.2) is 21.0 Å². The van der Waals surface area contributed by atoms with Crippen molar-refractivity contribution in [3.05, 3.63) is 41.6 Å². The molecule has 0 amide bonds. The van der Waals surface area contributed by atoms with Crippen molar-refractivity contribution >= 4 is 11.9 Å². The maximum Gasteiger partial charge on any atom is 0.335 e. The van der Waals surface area contributed by atoms with E-state index >= 15 is 0 Å². The predicted molar refractivity (Wildman–Crippen MR) is 63.6 cm³/mol. The van der Waals surface area contributed by atoms with Gasteiger partial charge in [-0.2, -0.15) is 0 Å². The first-order chi connectivity index (χ1) is 8.08. The summed E-state index contributed by atoms with van der Waals surface area (Å²) in [6.07, 6.45) is 1.64. The van der Waals surface area contributed by atoms with E-state index in [-0.39, 0.29) is 11.5 Å². The zero-order chi connectivity index (χ0) is 12.4. The highest BCUT2D eigenvalue weighted by Gasteiger charge is 2.07. The summed E-state index contributed by atoms with van der Waals surface area (Å²) >= 11 is 0. The number of carboxylic acid groups (broad SMARTS) is 1. The SMILES string of the molecule is Cc1cnc(N)nc1-c1ccc(C(=O)O)cc1. The molecule has 0 atom stereocenters. The minimum atomic E-state index is -0.949. The molecule has 0 aliphatic carbocycles. The zero-order valence-corrected chi connectivity index (χ0v) is 9.21. The maximum absolute atomic E-state index is 10.7. The Labute approximate surface area is 98.0 Å². The van der Waals surface area contributed by atoms with Gasteiger partial charge in [0.05, 0.1) is 11.3 Å². The van der Waals surface area contributed by atoms with Crippen molar-refractivity contribution in [1.82, 2.24) is 9.97 Å². The maximum atomic E-state index is 10.7. The number of aryl methyl sites for hydroxylation is 1. The van der Waals surface area contributed by atoms with E-state index in [1.165, 1.54) is 12.1 Å². The van der Waals surface area contributed by atoms with Crippen molar-refractivity contribution < 1.29 is 9.90 Å². The Morgan fingerprint density at radius 2 is 1.94 bits per heavy atom. The van der Waals surface area contributed by atoms with E-state index in [9.17, 15) is 4.79 Å². The molecule has 0 bridgehead atoms. The van der Waals surface area contributed by atoms with Crippen LogP contribution < -0.4 is 5.73 Å². The molecule has 3 N–H and O–H groups in total. The molecule has 2 aromatic rings. The van der Waals surface area contributed by atoms with Crippen LogP contribution in [0, 0.1) is 6.92 Å². The summed E-state index contributed by atoms with van der Waals surface area (Å²) in [7, 11) is 0. The standard InChI is InChI=1S/C12H11N3O2/c1-7-6-14-12(13)15-10(7)8-2-4-9(5-3-8)11(16)17/h2-6H,1H3,(H,16,17)(H2,13,14,15). The van der Waals surface area contributed by atoms with Crippen LogP contribution in [0.4, 0.5) is 5.95 Å². The molecule has 5 nitrogen and oxygen atoms in total. The van der Waals surface area contributed by atoms with E-state index < -0.39 is 5.97 Å². The molecule has 0 unspecified atom stereocenters. The molecule has 0 fully saturated rings. The van der Waals surface area contributed by atoms with Gasteiger partial charge >= 0.3 is 5.97 Å². The number of carbonyl (C=O) groups is 1. The first-order valence-electron chi connectivity index (χ1n) is 5.01. The Balaban J connectivity index is 2.46. The highest BCUT2D eigenvalue weighted by atomic mass is 16.4. The van der Waals surface area contributed by atoms with E-state index in [4.69, 9.17) is 10.8 Å². The van der Waals surface area contributed by atoms with Gasteiger partial charge in [-0.3, -0.25) is 0 Å². The first kappa shape index (κ1) is 11.1. The summed E-state index contributed by atoms with van der Waals surface area (Å²) in [6, 6.07) is 6.49. The number of nitrogens with two attached hydrogens (primary N) is 1. The van der Waals surface area contributed by atoms with Gasteiger partial charge in [0.15, 0.2) is 0 Å². The van der Waals surface area contributed by atoms with Crippen molar-refractivity contribution in [2.45, 2.75) is 6.92 Å². The van der Waals surface area contributed by atoms with E-state index in [0.717, 1.165) is 16.8 Å². The molecule has 0 saturated carbocycles. The van der Waals surface area contributed by atoms with Crippen LogP contribution in [0.3, 0.4) is 0 Å². The molecule has 0 radical (unpaired) electrons. The summed E-state index contributed by atoms with van der Waals surface area (Å²) in [5.41, 5.74) is 8.20. The number of aromatic nitrogens is 2. The van der Waals surface area contributed by atoms with Gasteiger partial charge in [-0.25, -0.2) is 14.8 Å².